The third kappa shape index (κ3) is 7.37. The van der Waals surface area contributed by atoms with Gasteiger partial charge >= 0.3 is 12.1 Å². The lowest BCUT2D eigenvalue weighted by atomic mass is 9.87. The fourth-order valence-electron chi connectivity index (χ4n) is 3.37. The van der Waals surface area contributed by atoms with Crippen molar-refractivity contribution in [1.29, 1.82) is 0 Å². The maximum atomic E-state index is 11.6. The second-order valence-corrected chi connectivity index (χ2v) is 8.67. The van der Waals surface area contributed by atoms with Crippen LogP contribution in [0.25, 0.3) is 6.08 Å². The first-order valence-electron chi connectivity index (χ1n) is 10.1. The van der Waals surface area contributed by atoms with E-state index in [9.17, 15) is 14.7 Å². The van der Waals surface area contributed by atoms with Crippen LogP contribution in [0.5, 0.6) is 0 Å². The van der Waals surface area contributed by atoms with Gasteiger partial charge in [-0.05, 0) is 71.3 Å². The van der Waals surface area contributed by atoms with Crippen molar-refractivity contribution in [2.45, 2.75) is 77.9 Å². The molecule has 28 heavy (non-hydrogen) atoms. The maximum Gasteiger partial charge on any atom is 0.407 e. The van der Waals surface area contributed by atoms with Gasteiger partial charge in [-0.25, -0.2) is 14.6 Å². The van der Waals surface area contributed by atoms with Crippen LogP contribution in [0.15, 0.2) is 18.1 Å². The van der Waals surface area contributed by atoms with E-state index in [0.717, 1.165) is 18.8 Å². The van der Waals surface area contributed by atoms with Gasteiger partial charge in [0.05, 0.1) is 12.0 Å². The molecular formula is C21H33N3O4. The quantitative estimate of drug-likeness (QED) is 0.530. The third-order valence-electron chi connectivity index (χ3n) is 4.92. The minimum atomic E-state index is -0.960. The van der Waals surface area contributed by atoms with Gasteiger partial charge < -0.3 is 19.7 Å². The van der Waals surface area contributed by atoms with Gasteiger partial charge in [0.1, 0.15) is 5.60 Å². The fraction of sp³-hybridized carbons (Fsp3) is 0.667. The molecule has 2 rings (SSSR count). The highest BCUT2D eigenvalue weighted by Gasteiger charge is 2.20. The highest BCUT2D eigenvalue weighted by atomic mass is 16.6. The summed E-state index contributed by atoms with van der Waals surface area (Å²) in [6.07, 6.45) is 10.5. The lowest BCUT2D eigenvalue weighted by Crippen LogP contribution is -2.33. The molecule has 1 aliphatic carbocycles. The first kappa shape index (κ1) is 22.0. The zero-order valence-electron chi connectivity index (χ0n) is 17.4. The molecule has 1 aromatic rings. The number of carboxylic acid groups (broad SMARTS) is 1. The number of carboxylic acids is 1. The number of nitrogens with zero attached hydrogens (tertiary/aromatic N) is 2. The van der Waals surface area contributed by atoms with Gasteiger partial charge in [-0.2, -0.15) is 0 Å². The van der Waals surface area contributed by atoms with Crippen LogP contribution < -0.4 is 5.32 Å². The van der Waals surface area contributed by atoms with Crippen molar-refractivity contribution in [2.24, 2.45) is 5.92 Å². The van der Waals surface area contributed by atoms with E-state index in [4.69, 9.17) is 4.74 Å². The van der Waals surface area contributed by atoms with E-state index in [1.165, 1.54) is 12.8 Å². The molecule has 1 amide bonds. The number of aliphatic carboxylic acids is 1. The molecule has 1 aromatic heterocycles. The highest BCUT2D eigenvalue weighted by molar-refractivity contribution is 5.91. The molecular weight excluding hydrogens is 358 g/mol. The molecule has 156 valence electrons. The van der Waals surface area contributed by atoms with Gasteiger partial charge in [-0.3, -0.25) is 0 Å². The van der Waals surface area contributed by atoms with E-state index in [1.807, 2.05) is 6.20 Å². The molecule has 0 bridgehead atoms. The number of amides is 1. The number of alkyl carbamates (subject to hydrolysis) is 1. The number of nitrogens with one attached hydrogen (secondary N) is 1. The van der Waals surface area contributed by atoms with Crippen LogP contribution in [0, 0.1) is 5.92 Å². The number of hydrogen-bond acceptors (Lipinski definition) is 4. The molecule has 1 heterocycles. The molecule has 0 atom stereocenters. The Morgan fingerprint density at radius 1 is 1.32 bits per heavy atom. The maximum absolute atomic E-state index is 11.6. The number of carbonyl (C=O) groups excluding carboxylic acids is 1. The average molecular weight is 392 g/mol. The van der Waals surface area contributed by atoms with Crippen LogP contribution in [0.4, 0.5) is 4.79 Å². The Balaban J connectivity index is 1.87. The van der Waals surface area contributed by atoms with Crippen molar-refractivity contribution in [3.8, 4) is 0 Å². The number of hydrogen-bond donors (Lipinski definition) is 2. The lowest BCUT2D eigenvalue weighted by Gasteiger charge is -2.26. The summed E-state index contributed by atoms with van der Waals surface area (Å²) in [6, 6.07) is 0.456. The Hall–Kier alpha value is -2.31. The summed E-state index contributed by atoms with van der Waals surface area (Å²) >= 11 is 0. The summed E-state index contributed by atoms with van der Waals surface area (Å²) in [6.45, 7) is 8.03. The summed E-state index contributed by atoms with van der Waals surface area (Å²) in [4.78, 5) is 27.5. The van der Waals surface area contributed by atoms with Crippen molar-refractivity contribution in [1.82, 2.24) is 14.9 Å². The predicted octanol–water partition coefficient (Wildman–Crippen LogP) is 4.41. The van der Waals surface area contributed by atoms with E-state index in [0.29, 0.717) is 31.1 Å². The van der Waals surface area contributed by atoms with Crippen molar-refractivity contribution in [2.75, 3.05) is 6.54 Å². The topological polar surface area (TPSA) is 93.5 Å². The van der Waals surface area contributed by atoms with Crippen LogP contribution in [-0.4, -0.2) is 38.9 Å². The molecule has 1 aliphatic rings. The van der Waals surface area contributed by atoms with Crippen LogP contribution in [-0.2, 0) is 9.53 Å². The first-order valence-corrected chi connectivity index (χ1v) is 10.1. The Kier molecular flexibility index (Phi) is 7.66. The van der Waals surface area contributed by atoms with Crippen LogP contribution in [0.2, 0.25) is 0 Å². The minimum Gasteiger partial charge on any atom is -0.478 e. The predicted molar refractivity (Wildman–Crippen MR) is 108 cm³/mol. The highest BCUT2D eigenvalue weighted by Crippen LogP contribution is 2.31. The van der Waals surface area contributed by atoms with Gasteiger partial charge in [0.15, 0.2) is 0 Å². The van der Waals surface area contributed by atoms with Crippen LogP contribution in [0.1, 0.15) is 78.0 Å². The average Bonchev–Trinajstić information content (AvgIpc) is 3.05. The van der Waals surface area contributed by atoms with Gasteiger partial charge in [0.2, 0.25) is 0 Å². The second kappa shape index (κ2) is 9.75. The fourth-order valence-corrected chi connectivity index (χ4v) is 3.37. The zero-order chi connectivity index (χ0) is 20.7. The van der Waals surface area contributed by atoms with Crippen molar-refractivity contribution >= 4 is 18.1 Å². The third-order valence-corrected chi connectivity index (χ3v) is 4.92. The molecule has 0 spiro atoms. The minimum absolute atomic E-state index is 0.286. The lowest BCUT2D eigenvalue weighted by molar-refractivity contribution is -0.132. The number of rotatable bonds is 7. The molecule has 0 saturated heterocycles. The summed E-state index contributed by atoms with van der Waals surface area (Å²) in [5.41, 5.74) is 0.399. The normalized spacial score (nSPS) is 20.6. The molecule has 0 unspecified atom stereocenters. The van der Waals surface area contributed by atoms with Gasteiger partial charge in [0.25, 0.3) is 0 Å². The monoisotopic (exact) mass is 391 g/mol. The second-order valence-electron chi connectivity index (χ2n) is 8.67. The molecule has 1 fully saturated rings. The molecule has 1 saturated carbocycles. The summed E-state index contributed by atoms with van der Waals surface area (Å²) in [5.74, 6) is -0.176. The van der Waals surface area contributed by atoms with Crippen molar-refractivity contribution in [3.63, 3.8) is 0 Å². The molecule has 0 aliphatic heterocycles. The first-order chi connectivity index (χ1) is 13.1. The van der Waals surface area contributed by atoms with Gasteiger partial charge in [-0.1, -0.05) is 6.92 Å². The summed E-state index contributed by atoms with van der Waals surface area (Å²) < 4.78 is 7.27. The van der Waals surface area contributed by atoms with Crippen molar-refractivity contribution < 1.29 is 19.4 Å². The van der Waals surface area contributed by atoms with E-state index < -0.39 is 17.7 Å². The van der Waals surface area contributed by atoms with E-state index in [-0.39, 0.29) is 5.57 Å². The van der Waals surface area contributed by atoms with Crippen LogP contribution >= 0.6 is 0 Å². The zero-order valence-corrected chi connectivity index (χ0v) is 17.4. The molecule has 0 aromatic carbocycles. The molecule has 0 radical (unpaired) electrons. The number of ether oxygens (including phenoxy) is 1. The number of carbonyl (C=O) groups is 2. The van der Waals surface area contributed by atoms with E-state index >= 15 is 0 Å². The number of imidazole rings is 1. The standard InChI is InChI=1S/C21H33N3O4/c1-15-7-9-18(10-8-15)24-13-17(23-14-24)12-16(19(25)26)6-5-11-22-20(27)28-21(2,3)4/h12-15,18H,5-11H2,1-4H3,(H,22,27)(H,25,26). The Morgan fingerprint density at radius 3 is 2.61 bits per heavy atom. The Bertz CT molecular complexity index is 695. The number of aromatic nitrogens is 2. The summed E-state index contributed by atoms with van der Waals surface area (Å²) in [7, 11) is 0. The van der Waals surface area contributed by atoms with Gasteiger partial charge in [0, 0.05) is 24.4 Å². The molecule has 7 heteroatoms. The van der Waals surface area contributed by atoms with Crippen molar-refractivity contribution in [3.05, 3.63) is 23.8 Å². The molecule has 2 N–H and O–H groups in total. The Morgan fingerprint density at radius 2 is 2.00 bits per heavy atom. The smallest absolute Gasteiger partial charge is 0.407 e. The van der Waals surface area contributed by atoms with Gasteiger partial charge in [-0.15, -0.1) is 0 Å². The van der Waals surface area contributed by atoms with E-state index in [2.05, 4.69) is 21.8 Å². The largest absolute Gasteiger partial charge is 0.478 e. The Labute approximate surface area is 167 Å². The summed E-state index contributed by atoms with van der Waals surface area (Å²) in [5, 5.41) is 12.1. The molecule has 7 nitrogen and oxygen atoms in total. The van der Waals surface area contributed by atoms with E-state index in [1.54, 1.807) is 33.2 Å². The SMILES string of the molecule is CC1CCC(n2cnc(C=C(CCCNC(=O)OC(C)(C)C)C(=O)O)c2)CC1. The van der Waals surface area contributed by atoms with Crippen LogP contribution in [0.3, 0.4) is 0 Å².